The van der Waals surface area contributed by atoms with Crippen LogP contribution in [-0.2, 0) is 4.43 Å². The van der Waals surface area contributed by atoms with E-state index in [4.69, 9.17) is 13.9 Å². The number of halogens is 1. The van der Waals surface area contributed by atoms with Gasteiger partial charge in [0.2, 0.25) is 5.13 Å². The summed E-state index contributed by atoms with van der Waals surface area (Å²) in [5, 5.41) is 12.1. The molecular weight excluding hydrogens is 610 g/mol. The van der Waals surface area contributed by atoms with Gasteiger partial charge in [-0.15, -0.1) is 5.10 Å². The van der Waals surface area contributed by atoms with E-state index in [0.29, 0.717) is 50.4 Å². The molecule has 0 spiro atoms. The molecule has 1 aliphatic rings. The zero-order chi connectivity index (χ0) is 29.1. The van der Waals surface area contributed by atoms with Gasteiger partial charge in [0.15, 0.2) is 8.32 Å². The smallest absolute Gasteiger partial charge is 0.295 e. The molecule has 1 N–H and O–H groups in total. The number of ether oxygens (including phenoxy) is 2. The molecule has 0 unspecified atom stereocenters. The molecule has 1 amide bonds. The summed E-state index contributed by atoms with van der Waals surface area (Å²) in [4.78, 5) is 21.8. The highest BCUT2D eigenvalue weighted by molar-refractivity contribution is 9.10. The molecule has 216 valence electrons. The maximum Gasteiger partial charge on any atom is 0.295 e. The number of rotatable bonds is 9. The number of anilines is 1. The molecular formula is C28H38BrN5O4SSi. The van der Waals surface area contributed by atoms with Gasteiger partial charge in [0, 0.05) is 29.1 Å². The second-order valence-electron chi connectivity index (χ2n) is 11.7. The number of pyridine rings is 2. The third-order valence-corrected chi connectivity index (χ3v) is 13.5. The molecule has 40 heavy (non-hydrogen) atoms. The molecule has 1 aliphatic carbocycles. The van der Waals surface area contributed by atoms with Crippen molar-refractivity contribution >= 4 is 46.6 Å². The summed E-state index contributed by atoms with van der Waals surface area (Å²) in [7, 11) is -0.182. The van der Waals surface area contributed by atoms with Crippen molar-refractivity contribution in [3.05, 3.63) is 40.4 Å². The van der Waals surface area contributed by atoms with Gasteiger partial charge in [-0.1, -0.05) is 25.9 Å². The summed E-state index contributed by atoms with van der Waals surface area (Å²) in [5.41, 5.74) is 2.56. The zero-order valence-electron chi connectivity index (χ0n) is 24.2. The van der Waals surface area contributed by atoms with Crippen LogP contribution < -0.4 is 14.8 Å². The molecule has 0 bridgehead atoms. The van der Waals surface area contributed by atoms with Crippen LogP contribution >= 0.6 is 27.3 Å². The van der Waals surface area contributed by atoms with Crippen LogP contribution in [0.4, 0.5) is 5.13 Å². The molecule has 1 saturated carbocycles. The van der Waals surface area contributed by atoms with E-state index in [-0.39, 0.29) is 10.9 Å². The van der Waals surface area contributed by atoms with E-state index in [1.165, 1.54) is 11.3 Å². The van der Waals surface area contributed by atoms with Crippen LogP contribution in [-0.4, -0.2) is 54.2 Å². The minimum Gasteiger partial charge on any atom is -0.494 e. The summed E-state index contributed by atoms with van der Waals surface area (Å²) < 4.78 is 18.7. The number of amides is 1. The maximum atomic E-state index is 13.3. The van der Waals surface area contributed by atoms with Crippen LogP contribution in [0.3, 0.4) is 0 Å². The number of carbonyl (C=O) groups excluding carboxylic acids is 1. The molecule has 9 nitrogen and oxygen atoms in total. The highest BCUT2D eigenvalue weighted by Crippen LogP contribution is 2.40. The van der Waals surface area contributed by atoms with E-state index < -0.39 is 8.32 Å². The number of aryl methyl sites for hydroxylation is 1. The molecule has 1 fully saturated rings. The minimum absolute atomic E-state index is 0.221. The normalized spacial score (nSPS) is 17.9. The molecule has 0 aliphatic heterocycles. The standard InChI is InChI=1S/C28H38BrN5O4SSi/c1-17-12-20(21-13-24(29)31-15-23(21)36-5)22(14-30-17)25(35)32-26-33-34-27(39-26)37-16-18-8-10-19(11-9-18)38-40(6,7)28(2,3)4/h12-15,18-19H,8-11,16H2,1-7H3,(H,32,33,35). The van der Waals surface area contributed by atoms with Gasteiger partial charge in [-0.2, -0.15) is 0 Å². The molecule has 0 radical (unpaired) electrons. The van der Waals surface area contributed by atoms with Crippen molar-refractivity contribution in [1.82, 2.24) is 20.2 Å². The molecule has 12 heteroatoms. The Bertz CT molecular complexity index is 1340. The molecule has 4 rings (SSSR count). The topological polar surface area (TPSA) is 108 Å². The predicted octanol–water partition coefficient (Wildman–Crippen LogP) is 7.29. The lowest BCUT2D eigenvalue weighted by atomic mass is 9.88. The van der Waals surface area contributed by atoms with Crippen molar-refractivity contribution in [2.75, 3.05) is 19.0 Å². The monoisotopic (exact) mass is 647 g/mol. The highest BCUT2D eigenvalue weighted by Gasteiger charge is 2.39. The number of nitrogens with zero attached hydrogens (tertiary/aromatic N) is 4. The van der Waals surface area contributed by atoms with Crippen LogP contribution in [0.25, 0.3) is 11.1 Å². The molecule has 3 heterocycles. The van der Waals surface area contributed by atoms with Crippen molar-refractivity contribution in [3.63, 3.8) is 0 Å². The largest absolute Gasteiger partial charge is 0.494 e. The predicted molar refractivity (Wildman–Crippen MR) is 164 cm³/mol. The Hall–Kier alpha value is -2.41. The van der Waals surface area contributed by atoms with Gasteiger partial charge in [0.25, 0.3) is 11.1 Å². The summed E-state index contributed by atoms with van der Waals surface area (Å²) >= 11 is 4.62. The molecule has 0 aromatic carbocycles. The first-order valence-electron chi connectivity index (χ1n) is 13.5. The van der Waals surface area contributed by atoms with Crippen LogP contribution in [0.1, 0.15) is 62.5 Å². The van der Waals surface area contributed by atoms with Gasteiger partial charge in [-0.05, 0) is 96.1 Å². The van der Waals surface area contributed by atoms with Gasteiger partial charge in [0.1, 0.15) is 10.4 Å². The zero-order valence-corrected chi connectivity index (χ0v) is 27.6. The van der Waals surface area contributed by atoms with E-state index in [9.17, 15) is 4.79 Å². The summed E-state index contributed by atoms with van der Waals surface area (Å²) in [6, 6.07) is 3.66. The lowest BCUT2D eigenvalue weighted by Crippen LogP contribution is -2.44. The molecule has 3 aromatic heterocycles. The summed E-state index contributed by atoms with van der Waals surface area (Å²) in [6.45, 7) is 13.9. The molecule has 0 saturated heterocycles. The van der Waals surface area contributed by atoms with Crippen LogP contribution in [0.15, 0.2) is 29.1 Å². The Morgan fingerprint density at radius 3 is 2.50 bits per heavy atom. The highest BCUT2D eigenvalue weighted by atomic mass is 79.9. The average Bonchev–Trinajstić information content (AvgIpc) is 3.34. The fourth-order valence-electron chi connectivity index (χ4n) is 4.44. The fraction of sp³-hybridized carbons (Fsp3) is 0.536. The first-order valence-corrected chi connectivity index (χ1v) is 18.0. The Morgan fingerprint density at radius 2 is 1.82 bits per heavy atom. The summed E-state index contributed by atoms with van der Waals surface area (Å²) in [5.74, 6) is 0.660. The Labute approximate surface area is 249 Å². The average molecular weight is 649 g/mol. The van der Waals surface area contributed by atoms with Gasteiger partial charge in [0.05, 0.1) is 25.5 Å². The molecule has 0 atom stereocenters. The number of carbonyl (C=O) groups is 1. The van der Waals surface area contributed by atoms with Crippen molar-refractivity contribution < 1.29 is 18.7 Å². The first kappa shape index (κ1) is 30.5. The second-order valence-corrected chi connectivity index (χ2v) is 18.2. The number of hydrogen-bond acceptors (Lipinski definition) is 9. The van der Waals surface area contributed by atoms with Crippen LogP contribution in [0, 0.1) is 12.8 Å². The lowest BCUT2D eigenvalue weighted by molar-refractivity contribution is 0.0983. The van der Waals surface area contributed by atoms with Crippen LogP contribution in [0.2, 0.25) is 18.1 Å². The Kier molecular flexibility index (Phi) is 9.64. The minimum atomic E-state index is -1.75. The van der Waals surface area contributed by atoms with Crippen molar-refractivity contribution in [2.45, 2.75) is 77.6 Å². The number of nitrogens with one attached hydrogen (secondary N) is 1. The maximum absolute atomic E-state index is 13.3. The quantitative estimate of drug-likeness (QED) is 0.191. The van der Waals surface area contributed by atoms with E-state index in [0.717, 1.165) is 36.9 Å². The number of methoxy groups -OCH3 is 1. The van der Waals surface area contributed by atoms with Crippen molar-refractivity contribution in [1.29, 1.82) is 0 Å². The SMILES string of the molecule is COc1cnc(Br)cc1-c1cc(C)ncc1C(=O)Nc1nnc(OCC2CCC(O[Si](C)(C)C(C)(C)C)CC2)s1. The number of hydrogen-bond donors (Lipinski definition) is 1. The third kappa shape index (κ3) is 7.45. The third-order valence-electron chi connectivity index (χ3n) is 7.76. The Balaban J connectivity index is 1.35. The lowest BCUT2D eigenvalue weighted by Gasteiger charge is -2.41. The van der Waals surface area contributed by atoms with Gasteiger partial charge >= 0.3 is 0 Å². The molecule has 3 aromatic rings. The van der Waals surface area contributed by atoms with Crippen molar-refractivity contribution in [2.24, 2.45) is 5.92 Å². The summed E-state index contributed by atoms with van der Waals surface area (Å²) in [6.07, 6.45) is 7.76. The van der Waals surface area contributed by atoms with E-state index in [2.05, 4.69) is 75.3 Å². The fourth-order valence-corrected chi connectivity index (χ4v) is 6.79. The Morgan fingerprint density at radius 1 is 1.10 bits per heavy atom. The van der Waals surface area contributed by atoms with E-state index in [1.807, 2.05) is 19.1 Å². The second kappa shape index (κ2) is 12.6. The van der Waals surface area contributed by atoms with E-state index >= 15 is 0 Å². The first-order chi connectivity index (χ1) is 18.9. The van der Waals surface area contributed by atoms with Gasteiger partial charge in [-0.3, -0.25) is 15.1 Å². The van der Waals surface area contributed by atoms with E-state index in [1.54, 1.807) is 19.5 Å². The van der Waals surface area contributed by atoms with Crippen LogP contribution in [0.5, 0.6) is 10.9 Å². The number of aromatic nitrogens is 4. The van der Waals surface area contributed by atoms with Gasteiger partial charge < -0.3 is 13.9 Å². The van der Waals surface area contributed by atoms with Gasteiger partial charge in [-0.25, -0.2) is 4.98 Å². The van der Waals surface area contributed by atoms with Crippen molar-refractivity contribution in [3.8, 4) is 22.1 Å².